The van der Waals surface area contributed by atoms with E-state index in [1.807, 2.05) is 0 Å². The van der Waals surface area contributed by atoms with Crippen molar-refractivity contribution in [2.45, 2.75) is 37.9 Å². The summed E-state index contributed by atoms with van der Waals surface area (Å²) in [6, 6.07) is 3.09. The Kier molecular flexibility index (Phi) is 8.72. The highest BCUT2D eigenvalue weighted by atomic mass is 16.4. The molecule has 2 rings (SSSR count). The van der Waals surface area contributed by atoms with E-state index >= 15 is 0 Å². The third-order valence-electron chi connectivity index (χ3n) is 4.51. The number of nitrogens with two attached hydrogens (primary N) is 1. The summed E-state index contributed by atoms with van der Waals surface area (Å²) in [4.78, 5) is 54.5. The summed E-state index contributed by atoms with van der Waals surface area (Å²) in [6.07, 6.45) is 3.16. The summed E-state index contributed by atoms with van der Waals surface area (Å²) in [6.45, 7) is 0.824. The number of rotatable bonds is 11. The SMILES string of the molecule is CC(NC(=O)CNC(=O)C(Cc1cnc[nH]1)NC(=O)C(N)Cc1ccc(O)cc1)C(=O)O. The van der Waals surface area contributed by atoms with Gasteiger partial charge < -0.3 is 36.9 Å². The predicted octanol–water partition coefficient (Wildman–Crippen LogP) is -1.58. The predicted molar refractivity (Wildman–Crippen MR) is 112 cm³/mol. The Morgan fingerprint density at radius 3 is 2.38 bits per heavy atom. The van der Waals surface area contributed by atoms with Crippen molar-refractivity contribution in [2.75, 3.05) is 6.54 Å². The monoisotopic (exact) mass is 446 g/mol. The van der Waals surface area contributed by atoms with Gasteiger partial charge in [0.2, 0.25) is 17.7 Å². The topological polar surface area (TPSA) is 200 Å². The maximum Gasteiger partial charge on any atom is 0.325 e. The van der Waals surface area contributed by atoms with E-state index in [2.05, 4.69) is 25.9 Å². The first kappa shape index (κ1) is 24.3. The number of nitrogens with zero attached hydrogens (tertiary/aromatic N) is 1. The van der Waals surface area contributed by atoms with Crippen molar-refractivity contribution in [3.63, 3.8) is 0 Å². The Morgan fingerprint density at radius 2 is 1.78 bits per heavy atom. The zero-order valence-corrected chi connectivity index (χ0v) is 17.4. The van der Waals surface area contributed by atoms with Crippen LogP contribution in [0.25, 0.3) is 0 Å². The third-order valence-corrected chi connectivity index (χ3v) is 4.51. The van der Waals surface area contributed by atoms with Crippen LogP contribution < -0.4 is 21.7 Å². The summed E-state index contributed by atoms with van der Waals surface area (Å²) < 4.78 is 0. The fraction of sp³-hybridized carbons (Fsp3) is 0.350. The maximum atomic E-state index is 12.6. The molecule has 0 saturated carbocycles. The smallest absolute Gasteiger partial charge is 0.325 e. The number of nitrogens with one attached hydrogen (secondary N) is 4. The Bertz CT molecular complexity index is 931. The number of carboxylic acids is 1. The van der Waals surface area contributed by atoms with E-state index in [4.69, 9.17) is 10.8 Å². The number of aromatic amines is 1. The summed E-state index contributed by atoms with van der Waals surface area (Å²) in [5, 5.41) is 25.3. The molecule has 3 atom stereocenters. The van der Waals surface area contributed by atoms with Crippen LogP contribution in [-0.4, -0.2) is 68.5 Å². The van der Waals surface area contributed by atoms with Gasteiger partial charge in [0.15, 0.2) is 0 Å². The number of phenolic OH excluding ortho intramolecular Hbond substituents is 1. The average molecular weight is 446 g/mol. The van der Waals surface area contributed by atoms with Gasteiger partial charge in [-0.1, -0.05) is 12.1 Å². The van der Waals surface area contributed by atoms with Crippen LogP contribution in [0.1, 0.15) is 18.2 Å². The lowest BCUT2D eigenvalue weighted by Crippen LogP contribution is -2.54. The van der Waals surface area contributed by atoms with Gasteiger partial charge in [0.25, 0.3) is 0 Å². The van der Waals surface area contributed by atoms with Gasteiger partial charge in [-0.25, -0.2) is 4.98 Å². The first-order valence-electron chi connectivity index (χ1n) is 9.76. The van der Waals surface area contributed by atoms with E-state index in [0.29, 0.717) is 5.69 Å². The van der Waals surface area contributed by atoms with E-state index in [9.17, 15) is 24.3 Å². The number of carboxylic acid groups (broad SMARTS) is 1. The van der Waals surface area contributed by atoms with E-state index in [0.717, 1.165) is 5.56 Å². The van der Waals surface area contributed by atoms with Gasteiger partial charge in [0, 0.05) is 18.3 Å². The first-order valence-corrected chi connectivity index (χ1v) is 9.76. The second-order valence-corrected chi connectivity index (χ2v) is 7.16. The van der Waals surface area contributed by atoms with Gasteiger partial charge in [0.05, 0.1) is 18.9 Å². The molecule has 3 unspecified atom stereocenters. The molecule has 2 aromatic rings. The van der Waals surface area contributed by atoms with Gasteiger partial charge in [0.1, 0.15) is 17.8 Å². The lowest BCUT2D eigenvalue weighted by Gasteiger charge is -2.20. The second kappa shape index (κ2) is 11.5. The number of aliphatic carboxylic acids is 1. The van der Waals surface area contributed by atoms with Gasteiger partial charge in [-0.05, 0) is 31.0 Å². The molecule has 32 heavy (non-hydrogen) atoms. The van der Waals surface area contributed by atoms with Crippen LogP contribution >= 0.6 is 0 Å². The van der Waals surface area contributed by atoms with Gasteiger partial charge >= 0.3 is 5.97 Å². The van der Waals surface area contributed by atoms with E-state index in [1.54, 1.807) is 12.1 Å². The van der Waals surface area contributed by atoms with Crippen LogP contribution in [0.5, 0.6) is 5.75 Å². The summed E-state index contributed by atoms with van der Waals surface area (Å²) >= 11 is 0. The number of H-pyrrole nitrogens is 1. The molecule has 1 aromatic heterocycles. The normalized spacial score (nSPS) is 13.4. The second-order valence-electron chi connectivity index (χ2n) is 7.16. The summed E-state index contributed by atoms with van der Waals surface area (Å²) in [5.74, 6) is -3.05. The number of aromatic hydroxyl groups is 1. The molecule has 0 fully saturated rings. The first-order chi connectivity index (χ1) is 15.2. The molecule has 1 aromatic carbocycles. The lowest BCUT2D eigenvalue weighted by atomic mass is 10.0. The van der Waals surface area contributed by atoms with Crippen LogP contribution in [0.15, 0.2) is 36.8 Å². The quantitative estimate of drug-likeness (QED) is 0.214. The zero-order valence-electron chi connectivity index (χ0n) is 17.4. The van der Waals surface area contributed by atoms with E-state index < -0.39 is 48.4 Å². The molecule has 0 bridgehead atoms. The highest BCUT2D eigenvalue weighted by molar-refractivity contribution is 5.92. The molecule has 12 nitrogen and oxygen atoms in total. The van der Waals surface area contributed by atoms with Crippen LogP contribution in [-0.2, 0) is 32.0 Å². The van der Waals surface area contributed by atoms with E-state index in [1.165, 1.54) is 31.6 Å². The van der Waals surface area contributed by atoms with Crippen molar-refractivity contribution in [3.05, 3.63) is 48.0 Å². The van der Waals surface area contributed by atoms with Gasteiger partial charge in [-0.2, -0.15) is 0 Å². The fourth-order valence-electron chi connectivity index (χ4n) is 2.73. The summed E-state index contributed by atoms with van der Waals surface area (Å²) in [5.41, 5.74) is 7.27. The van der Waals surface area contributed by atoms with Crippen molar-refractivity contribution in [3.8, 4) is 5.75 Å². The molecule has 0 aliphatic carbocycles. The molecule has 3 amide bonds. The molecule has 8 N–H and O–H groups in total. The molecule has 0 saturated heterocycles. The van der Waals surface area contributed by atoms with Crippen molar-refractivity contribution >= 4 is 23.7 Å². The van der Waals surface area contributed by atoms with Crippen molar-refractivity contribution in [1.29, 1.82) is 0 Å². The fourth-order valence-corrected chi connectivity index (χ4v) is 2.73. The number of benzene rings is 1. The van der Waals surface area contributed by atoms with Crippen LogP contribution in [0.2, 0.25) is 0 Å². The maximum absolute atomic E-state index is 12.6. The Hall–Kier alpha value is -3.93. The number of hydrogen-bond acceptors (Lipinski definition) is 7. The number of carbonyl (C=O) groups excluding carboxylic acids is 3. The van der Waals surface area contributed by atoms with Crippen LogP contribution in [0.3, 0.4) is 0 Å². The number of aromatic nitrogens is 2. The number of carbonyl (C=O) groups is 4. The van der Waals surface area contributed by atoms with Crippen LogP contribution in [0, 0.1) is 0 Å². The number of imidazole rings is 1. The number of phenols is 1. The molecule has 0 radical (unpaired) electrons. The number of amides is 3. The molecule has 0 aliphatic rings. The largest absolute Gasteiger partial charge is 0.508 e. The third kappa shape index (κ3) is 7.72. The molecule has 0 aliphatic heterocycles. The minimum Gasteiger partial charge on any atom is -0.508 e. The molecule has 172 valence electrons. The minimum atomic E-state index is -1.21. The van der Waals surface area contributed by atoms with Crippen molar-refractivity contribution < 1.29 is 29.4 Å². The Labute approximate surface area is 183 Å². The average Bonchev–Trinajstić information content (AvgIpc) is 3.26. The van der Waals surface area contributed by atoms with E-state index in [-0.39, 0.29) is 18.6 Å². The Morgan fingerprint density at radius 1 is 1.09 bits per heavy atom. The number of hydrogen-bond donors (Lipinski definition) is 7. The zero-order chi connectivity index (χ0) is 23.7. The van der Waals surface area contributed by atoms with Gasteiger partial charge in [-0.3, -0.25) is 19.2 Å². The van der Waals surface area contributed by atoms with Crippen molar-refractivity contribution in [1.82, 2.24) is 25.9 Å². The van der Waals surface area contributed by atoms with Gasteiger partial charge in [-0.15, -0.1) is 0 Å². The Balaban J connectivity index is 1.98. The molecular weight excluding hydrogens is 420 g/mol. The lowest BCUT2D eigenvalue weighted by molar-refractivity contribution is -0.141. The molecule has 12 heteroatoms. The molecule has 1 heterocycles. The van der Waals surface area contributed by atoms with Crippen LogP contribution in [0.4, 0.5) is 0 Å². The highest BCUT2D eigenvalue weighted by Gasteiger charge is 2.25. The minimum absolute atomic E-state index is 0.0661. The molecular formula is C20H26N6O6. The summed E-state index contributed by atoms with van der Waals surface area (Å²) in [7, 11) is 0. The van der Waals surface area contributed by atoms with Crippen molar-refractivity contribution in [2.24, 2.45) is 5.73 Å². The molecule has 0 spiro atoms. The highest BCUT2D eigenvalue weighted by Crippen LogP contribution is 2.11. The standard InChI is InChI=1S/C20H26N6O6/c1-11(20(31)32)25-17(28)9-23-19(30)16(7-13-8-22-10-24-13)26-18(29)15(21)6-12-2-4-14(27)5-3-12/h2-5,8,10-11,15-16,27H,6-7,9,21H2,1H3,(H,22,24)(H,23,30)(H,25,28)(H,26,29)(H,31,32).